The van der Waals surface area contributed by atoms with E-state index in [1.54, 1.807) is 31.3 Å². The molecule has 3 aromatic heterocycles. The Hall–Kier alpha value is -1.02. The molecule has 6 rings (SSSR count). The molecule has 198 valence electrons. The van der Waals surface area contributed by atoms with Crippen LogP contribution in [-0.4, -0.2) is 40.8 Å². The van der Waals surface area contributed by atoms with E-state index < -0.39 is 0 Å². The molecule has 3 nitrogen and oxygen atoms in total. The molecule has 6 heteroatoms. The van der Waals surface area contributed by atoms with Crippen LogP contribution in [0.5, 0.6) is 0 Å². The van der Waals surface area contributed by atoms with Gasteiger partial charge < -0.3 is 16.0 Å². The largest absolute Gasteiger partial charge is 0.319 e. The molecule has 0 spiro atoms. The van der Waals surface area contributed by atoms with Crippen molar-refractivity contribution in [2.45, 2.75) is 77.0 Å². The molecule has 3 aliphatic rings. The van der Waals surface area contributed by atoms with Crippen LogP contribution in [0.2, 0.25) is 0 Å². The molecule has 0 radical (unpaired) electrons. The molecule has 3 atom stereocenters. The van der Waals surface area contributed by atoms with E-state index in [1.165, 1.54) is 55.2 Å². The van der Waals surface area contributed by atoms with E-state index in [9.17, 15) is 0 Å². The predicted molar refractivity (Wildman–Crippen MR) is 162 cm³/mol. The topological polar surface area (TPSA) is 36.1 Å². The summed E-state index contributed by atoms with van der Waals surface area (Å²) in [5, 5.41) is 16.7. The number of aryl methyl sites for hydroxylation is 6. The Morgan fingerprint density at radius 2 is 0.833 bits per heavy atom. The van der Waals surface area contributed by atoms with Crippen LogP contribution in [0.1, 0.15) is 85.0 Å². The van der Waals surface area contributed by atoms with Crippen LogP contribution in [0.25, 0.3) is 0 Å². The van der Waals surface area contributed by atoms with Crippen molar-refractivity contribution in [3.8, 4) is 0 Å². The SMILES string of the molecule is CNCC1CCc2scc(C)c21.CNC[C@@H]1CCc2scc(C)c21.CNC[C@H]1CCc2scc(C)c21. The number of fused-ring (bicyclic) bond motifs is 3. The summed E-state index contributed by atoms with van der Waals surface area (Å²) in [5.41, 5.74) is 9.46. The number of thiophene rings is 3. The summed E-state index contributed by atoms with van der Waals surface area (Å²) in [4.78, 5) is 4.90. The molecule has 3 heterocycles. The van der Waals surface area contributed by atoms with Crippen molar-refractivity contribution in [3.63, 3.8) is 0 Å². The Labute approximate surface area is 231 Å². The number of hydrogen-bond acceptors (Lipinski definition) is 6. The third-order valence-corrected chi connectivity index (χ3v) is 11.6. The molecular weight excluding hydrogens is 499 g/mol. The Kier molecular flexibility index (Phi) is 10.2. The van der Waals surface area contributed by atoms with Gasteiger partial charge in [-0.25, -0.2) is 0 Å². The lowest BCUT2D eigenvalue weighted by atomic mass is 10.0. The third-order valence-electron chi connectivity index (χ3n) is 8.05. The van der Waals surface area contributed by atoms with Crippen LogP contribution in [0.3, 0.4) is 0 Å². The Balaban J connectivity index is 0.000000127. The highest BCUT2D eigenvalue weighted by Crippen LogP contribution is 2.40. The highest BCUT2D eigenvalue weighted by molar-refractivity contribution is 7.10. The zero-order chi connectivity index (χ0) is 25.7. The zero-order valence-corrected chi connectivity index (χ0v) is 25.5. The van der Waals surface area contributed by atoms with Crippen molar-refractivity contribution >= 4 is 34.0 Å². The molecule has 0 fully saturated rings. The van der Waals surface area contributed by atoms with Gasteiger partial charge in [0, 0.05) is 34.3 Å². The Bertz CT molecular complexity index is 971. The van der Waals surface area contributed by atoms with Crippen LogP contribution in [0, 0.1) is 20.8 Å². The minimum Gasteiger partial charge on any atom is -0.319 e. The summed E-state index contributed by atoms with van der Waals surface area (Å²) in [7, 11) is 6.12. The second-order valence-electron chi connectivity index (χ2n) is 10.6. The van der Waals surface area contributed by atoms with E-state index in [-0.39, 0.29) is 0 Å². The summed E-state index contributed by atoms with van der Waals surface area (Å²) >= 11 is 5.82. The van der Waals surface area contributed by atoms with E-state index in [4.69, 9.17) is 0 Å². The average Bonchev–Trinajstić information content (AvgIpc) is 3.68. The van der Waals surface area contributed by atoms with Gasteiger partial charge in [0.25, 0.3) is 0 Å². The van der Waals surface area contributed by atoms with Gasteiger partial charge in [-0.15, -0.1) is 34.0 Å². The smallest absolute Gasteiger partial charge is 0.00834 e. The molecule has 3 aromatic rings. The van der Waals surface area contributed by atoms with Crippen molar-refractivity contribution in [1.82, 2.24) is 16.0 Å². The van der Waals surface area contributed by atoms with Gasteiger partial charge >= 0.3 is 0 Å². The first-order chi connectivity index (χ1) is 17.5. The van der Waals surface area contributed by atoms with E-state index in [0.717, 1.165) is 37.4 Å². The average molecular weight is 544 g/mol. The molecule has 3 N–H and O–H groups in total. The van der Waals surface area contributed by atoms with Crippen LogP contribution in [0.15, 0.2) is 16.1 Å². The van der Waals surface area contributed by atoms with Crippen LogP contribution < -0.4 is 16.0 Å². The van der Waals surface area contributed by atoms with Gasteiger partial charge in [0.15, 0.2) is 0 Å². The maximum Gasteiger partial charge on any atom is 0.00834 e. The molecule has 1 unspecified atom stereocenters. The van der Waals surface area contributed by atoms with Gasteiger partial charge in [-0.1, -0.05) is 0 Å². The standard InChI is InChI=1S/3C10H15NS/c3*1-7-6-12-9-4-3-8(5-11-2)10(7)9/h3*6,8,11H,3-5H2,1-2H3/t2*8-;/m10./s1. The Morgan fingerprint density at radius 3 is 1.08 bits per heavy atom. The van der Waals surface area contributed by atoms with Crippen LogP contribution in [-0.2, 0) is 19.3 Å². The number of hydrogen-bond donors (Lipinski definition) is 3. The second-order valence-corrected chi connectivity index (χ2v) is 13.5. The summed E-state index contributed by atoms with van der Waals surface area (Å²) in [6.07, 6.45) is 7.97. The van der Waals surface area contributed by atoms with Gasteiger partial charge in [-0.3, -0.25) is 0 Å². The zero-order valence-electron chi connectivity index (χ0n) is 23.1. The van der Waals surface area contributed by atoms with Crippen LogP contribution in [0.4, 0.5) is 0 Å². The van der Waals surface area contributed by atoms with Gasteiger partial charge in [-0.05, 0) is 148 Å². The van der Waals surface area contributed by atoms with Crippen molar-refractivity contribution in [1.29, 1.82) is 0 Å². The van der Waals surface area contributed by atoms with Gasteiger partial charge in [0.1, 0.15) is 0 Å². The van der Waals surface area contributed by atoms with Crippen molar-refractivity contribution in [2.24, 2.45) is 0 Å². The highest BCUT2D eigenvalue weighted by Gasteiger charge is 2.26. The molecule has 0 aliphatic heterocycles. The molecule has 0 bridgehead atoms. The second kappa shape index (κ2) is 13.2. The lowest BCUT2D eigenvalue weighted by Crippen LogP contribution is -2.15. The third kappa shape index (κ3) is 6.16. The van der Waals surface area contributed by atoms with E-state index in [2.05, 4.69) is 52.9 Å². The molecule has 0 saturated heterocycles. The van der Waals surface area contributed by atoms with Gasteiger partial charge in [0.05, 0.1) is 0 Å². The van der Waals surface area contributed by atoms with Crippen LogP contribution >= 0.6 is 34.0 Å². The monoisotopic (exact) mass is 543 g/mol. The fourth-order valence-electron chi connectivity index (χ4n) is 6.45. The Morgan fingerprint density at radius 1 is 0.556 bits per heavy atom. The van der Waals surface area contributed by atoms with Crippen molar-refractivity contribution < 1.29 is 0 Å². The first-order valence-corrected chi connectivity index (χ1v) is 16.3. The lowest BCUT2D eigenvalue weighted by Gasteiger charge is -2.09. The van der Waals surface area contributed by atoms with Crippen molar-refractivity contribution in [3.05, 3.63) is 64.2 Å². The summed E-state index contributed by atoms with van der Waals surface area (Å²) < 4.78 is 0. The molecule has 3 aliphatic carbocycles. The molecule has 36 heavy (non-hydrogen) atoms. The fourth-order valence-corrected chi connectivity index (χ4v) is 9.86. The van der Waals surface area contributed by atoms with E-state index in [1.807, 2.05) is 55.2 Å². The summed E-state index contributed by atoms with van der Waals surface area (Å²) in [6, 6.07) is 0. The lowest BCUT2D eigenvalue weighted by molar-refractivity contribution is 0.621. The minimum atomic E-state index is 0.788. The van der Waals surface area contributed by atoms with E-state index >= 15 is 0 Å². The fraction of sp³-hybridized carbons (Fsp3) is 0.600. The summed E-state index contributed by atoms with van der Waals surface area (Å²) in [6.45, 7) is 10.1. The molecular formula is C30H45N3S3. The predicted octanol–water partition coefficient (Wildman–Crippen LogP) is 6.92. The number of likely N-dealkylation sites (N-methyl/N-ethyl adjacent to an activating group) is 3. The maximum atomic E-state index is 3.27. The minimum absolute atomic E-state index is 0.788. The van der Waals surface area contributed by atoms with Gasteiger partial charge in [0.2, 0.25) is 0 Å². The molecule has 0 amide bonds. The number of nitrogens with one attached hydrogen (secondary N) is 3. The van der Waals surface area contributed by atoms with E-state index in [0.29, 0.717) is 0 Å². The number of rotatable bonds is 6. The maximum absolute atomic E-state index is 3.27. The highest BCUT2D eigenvalue weighted by atomic mass is 32.1. The first-order valence-electron chi connectivity index (χ1n) is 13.6. The van der Waals surface area contributed by atoms with Gasteiger partial charge in [-0.2, -0.15) is 0 Å². The quantitative estimate of drug-likeness (QED) is 0.316. The summed E-state index contributed by atoms with van der Waals surface area (Å²) in [5.74, 6) is 2.36. The normalized spacial score (nSPS) is 21.3. The molecule has 0 aromatic carbocycles. The first kappa shape index (κ1) is 28.0. The molecule has 0 saturated carbocycles. The van der Waals surface area contributed by atoms with Crippen molar-refractivity contribution in [2.75, 3.05) is 40.8 Å².